The van der Waals surface area contributed by atoms with Gasteiger partial charge < -0.3 is 20.7 Å². The molecule has 3 N–H and O–H groups in total. The molecule has 7 heteroatoms. The lowest BCUT2D eigenvalue weighted by Gasteiger charge is -2.36. The molecule has 0 bridgehead atoms. The molecular formula is C18H23N5O2. The minimum Gasteiger partial charge on any atom is -0.398 e. The van der Waals surface area contributed by atoms with E-state index in [1.165, 1.54) is 6.92 Å². The van der Waals surface area contributed by atoms with Crippen molar-refractivity contribution < 1.29 is 9.53 Å². The van der Waals surface area contributed by atoms with Crippen LogP contribution in [0.15, 0.2) is 30.6 Å². The largest absolute Gasteiger partial charge is 0.398 e. The first-order valence-electron chi connectivity index (χ1n) is 8.32. The molecule has 0 unspecified atom stereocenters. The zero-order chi connectivity index (χ0) is 18.0. The number of nitrogens with zero attached hydrogens (tertiary/aromatic N) is 3. The molecule has 1 amide bonds. The monoisotopic (exact) mass is 341 g/mol. The molecule has 2 aromatic heterocycles. The maximum atomic E-state index is 11.1. The van der Waals surface area contributed by atoms with Gasteiger partial charge in [-0.15, -0.1) is 0 Å². The standard InChI is InChI=1S/C18H23N5O2/c1-11-9-23(10-12(2)25-11)14-4-5-17(20-7-14)15-8-21-18(6-16(15)19)22-13(3)24/h4-8,11-12H,9-10H2,1-3H3,(H3,19,21,22,24)/t11-,12+. The van der Waals surface area contributed by atoms with Crippen molar-refractivity contribution in [2.24, 2.45) is 0 Å². The second-order valence-electron chi connectivity index (χ2n) is 6.40. The van der Waals surface area contributed by atoms with Crippen molar-refractivity contribution in [1.82, 2.24) is 9.97 Å². The van der Waals surface area contributed by atoms with E-state index in [9.17, 15) is 4.79 Å². The lowest BCUT2D eigenvalue weighted by atomic mass is 10.1. The van der Waals surface area contributed by atoms with Gasteiger partial charge in [0.2, 0.25) is 5.91 Å². The van der Waals surface area contributed by atoms with Crippen LogP contribution in [0.1, 0.15) is 20.8 Å². The Hall–Kier alpha value is -2.67. The third-order valence-corrected chi connectivity index (χ3v) is 4.05. The summed E-state index contributed by atoms with van der Waals surface area (Å²) in [6.45, 7) is 7.28. The average molecular weight is 341 g/mol. The molecule has 1 fully saturated rings. The number of hydrogen-bond acceptors (Lipinski definition) is 6. The van der Waals surface area contributed by atoms with Gasteiger partial charge in [0.1, 0.15) is 5.82 Å². The number of nitrogen functional groups attached to an aromatic ring is 1. The minimum absolute atomic E-state index is 0.184. The van der Waals surface area contributed by atoms with Gasteiger partial charge >= 0.3 is 0 Å². The fourth-order valence-electron chi connectivity index (χ4n) is 3.05. The molecular weight excluding hydrogens is 318 g/mol. The molecule has 0 aliphatic carbocycles. The SMILES string of the molecule is CC(=O)Nc1cc(N)c(-c2ccc(N3C[C@@H](C)O[C@@H](C)C3)cn2)cn1. The number of anilines is 3. The fourth-order valence-corrected chi connectivity index (χ4v) is 3.05. The van der Waals surface area contributed by atoms with Crippen LogP contribution < -0.4 is 16.0 Å². The van der Waals surface area contributed by atoms with Crippen molar-refractivity contribution in [3.8, 4) is 11.3 Å². The molecule has 1 aliphatic heterocycles. The number of amides is 1. The van der Waals surface area contributed by atoms with E-state index in [0.717, 1.165) is 30.0 Å². The highest BCUT2D eigenvalue weighted by atomic mass is 16.5. The van der Waals surface area contributed by atoms with E-state index in [0.29, 0.717) is 11.5 Å². The smallest absolute Gasteiger partial charge is 0.222 e. The Morgan fingerprint density at radius 1 is 1.24 bits per heavy atom. The van der Waals surface area contributed by atoms with E-state index in [4.69, 9.17) is 10.5 Å². The molecule has 25 heavy (non-hydrogen) atoms. The predicted octanol–water partition coefficient (Wildman–Crippen LogP) is 2.30. The van der Waals surface area contributed by atoms with Gasteiger partial charge in [0.25, 0.3) is 0 Å². The van der Waals surface area contributed by atoms with Crippen LogP contribution in [0.5, 0.6) is 0 Å². The Balaban J connectivity index is 1.79. The van der Waals surface area contributed by atoms with Crippen LogP contribution in [0.25, 0.3) is 11.3 Å². The van der Waals surface area contributed by atoms with Gasteiger partial charge in [0.15, 0.2) is 0 Å². The molecule has 2 aromatic rings. The van der Waals surface area contributed by atoms with Crippen molar-refractivity contribution in [2.75, 3.05) is 29.0 Å². The number of nitrogens with two attached hydrogens (primary N) is 1. The third kappa shape index (κ3) is 4.06. The van der Waals surface area contributed by atoms with Crippen molar-refractivity contribution in [3.63, 3.8) is 0 Å². The summed E-state index contributed by atoms with van der Waals surface area (Å²) in [6.07, 6.45) is 3.87. The molecule has 2 atom stereocenters. The molecule has 3 heterocycles. The van der Waals surface area contributed by atoms with Gasteiger partial charge in [-0.1, -0.05) is 0 Å². The molecule has 7 nitrogen and oxygen atoms in total. The van der Waals surface area contributed by atoms with E-state index in [1.807, 2.05) is 18.3 Å². The third-order valence-electron chi connectivity index (χ3n) is 4.05. The first kappa shape index (κ1) is 17.2. The van der Waals surface area contributed by atoms with E-state index < -0.39 is 0 Å². The van der Waals surface area contributed by atoms with Gasteiger partial charge in [-0.2, -0.15) is 0 Å². The minimum atomic E-state index is -0.184. The summed E-state index contributed by atoms with van der Waals surface area (Å²) in [6, 6.07) is 5.61. The molecule has 1 aliphatic rings. The number of morpholine rings is 1. The van der Waals surface area contributed by atoms with E-state index in [1.54, 1.807) is 12.3 Å². The Labute approximate surface area is 147 Å². The number of nitrogens with one attached hydrogen (secondary N) is 1. The summed E-state index contributed by atoms with van der Waals surface area (Å²) in [7, 11) is 0. The highest BCUT2D eigenvalue weighted by Crippen LogP contribution is 2.27. The van der Waals surface area contributed by atoms with Crippen LogP contribution in [0.2, 0.25) is 0 Å². The summed E-state index contributed by atoms with van der Waals surface area (Å²) in [5, 5.41) is 2.62. The first-order chi connectivity index (χ1) is 11.9. The summed E-state index contributed by atoms with van der Waals surface area (Å²) >= 11 is 0. The van der Waals surface area contributed by atoms with Crippen LogP contribution in [0, 0.1) is 0 Å². The highest BCUT2D eigenvalue weighted by molar-refractivity contribution is 5.89. The topological polar surface area (TPSA) is 93.4 Å². The second-order valence-corrected chi connectivity index (χ2v) is 6.40. The maximum Gasteiger partial charge on any atom is 0.222 e. The Kier molecular flexibility index (Phi) is 4.85. The number of carbonyl (C=O) groups excluding carboxylic acids is 1. The molecule has 0 spiro atoms. The predicted molar refractivity (Wildman–Crippen MR) is 98.4 cm³/mol. The van der Waals surface area contributed by atoms with Crippen molar-refractivity contribution in [2.45, 2.75) is 33.0 Å². The normalized spacial score (nSPS) is 20.4. The van der Waals surface area contributed by atoms with Crippen molar-refractivity contribution >= 4 is 23.1 Å². The highest BCUT2D eigenvalue weighted by Gasteiger charge is 2.22. The number of ether oxygens (including phenoxy) is 1. The summed E-state index contributed by atoms with van der Waals surface area (Å²) < 4.78 is 5.77. The van der Waals surface area contributed by atoms with Gasteiger partial charge in [-0.3, -0.25) is 9.78 Å². The number of pyridine rings is 2. The van der Waals surface area contributed by atoms with Gasteiger partial charge in [0.05, 0.1) is 29.8 Å². The zero-order valence-corrected chi connectivity index (χ0v) is 14.7. The number of carbonyl (C=O) groups is 1. The average Bonchev–Trinajstić information content (AvgIpc) is 2.54. The molecule has 132 valence electrons. The molecule has 3 rings (SSSR count). The zero-order valence-electron chi connectivity index (χ0n) is 14.7. The summed E-state index contributed by atoms with van der Waals surface area (Å²) in [4.78, 5) is 22.1. The second kappa shape index (κ2) is 7.06. The number of hydrogen-bond donors (Lipinski definition) is 2. The summed E-state index contributed by atoms with van der Waals surface area (Å²) in [5.74, 6) is 0.248. The first-order valence-corrected chi connectivity index (χ1v) is 8.32. The molecule has 1 saturated heterocycles. The van der Waals surface area contributed by atoms with Crippen LogP contribution in [-0.2, 0) is 9.53 Å². The van der Waals surface area contributed by atoms with Gasteiger partial charge in [-0.25, -0.2) is 4.98 Å². The lowest BCUT2D eigenvalue weighted by Crippen LogP contribution is -2.45. The molecule has 0 saturated carbocycles. The van der Waals surface area contributed by atoms with E-state index in [2.05, 4.69) is 34.0 Å². The van der Waals surface area contributed by atoms with Crippen LogP contribution >= 0.6 is 0 Å². The van der Waals surface area contributed by atoms with Crippen molar-refractivity contribution in [3.05, 3.63) is 30.6 Å². The van der Waals surface area contributed by atoms with Gasteiger partial charge in [-0.05, 0) is 26.0 Å². The Bertz CT molecular complexity index is 753. The van der Waals surface area contributed by atoms with Crippen LogP contribution in [-0.4, -0.2) is 41.2 Å². The fraction of sp³-hybridized carbons (Fsp3) is 0.389. The lowest BCUT2D eigenvalue weighted by molar-refractivity contribution is -0.114. The maximum absolute atomic E-state index is 11.1. The van der Waals surface area contributed by atoms with Crippen molar-refractivity contribution in [1.29, 1.82) is 0 Å². The van der Waals surface area contributed by atoms with E-state index >= 15 is 0 Å². The number of rotatable bonds is 3. The molecule has 0 radical (unpaired) electrons. The quantitative estimate of drug-likeness (QED) is 0.890. The summed E-state index contributed by atoms with van der Waals surface area (Å²) in [5.41, 5.74) is 9.16. The van der Waals surface area contributed by atoms with Crippen LogP contribution in [0.3, 0.4) is 0 Å². The van der Waals surface area contributed by atoms with Crippen LogP contribution in [0.4, 0.5) is 17.2 Å². The Morgan fingerprint density at radius 2 is 1.96 bits per heavy atom. The number of aromatic nitrogens is 2. The van der Waals surface area contributed by atoms with E-state index in [-0.39, 0.29) is 18.1 Å². The Morgan fingerprint density at radius 3 is 2.52 bits per heavy atom. The molecule has 0 aromatic carbocycles. The van der Waals surface area contributed by atoms with Gasteiger partial charge in [0, 0.05) is 43.5 Å².